The third-order valence-corrected chi connectivity index (χ3v) is 3.77. The van der Waals surface area contributed by atoms with Gasteiger partial charge >= 0.3 is 0 Å². The molecule has 0 aliphatic carbocycles. The van der Waals surface area contributed by atoms with Gasteiger partial charge in [-0.1, -0.05) is 30.3 Å². The zero-order valence-electron chi connectivity index (χ0n) is 11.7. The van der Waals surface area contributed by atoms with Crippen molar-refractivity contribution < 1.29 is 4.92 Å². The van der Waals surface area contributed by atoms with Crippen LogP contribution in [0.15, 0.2) is 54.7 Å². The van der Waals surface area contributed by atoms with Crippen LogP contribution in [0.2, 0.25) is 0 Å². The molecule has 22 heavy (non-hydrogen) atoms. The fraction of sp³-hybridized carbons (Fsp3) is 0.118. The normalized spacial score (nSPS) is 12.0. The summed E-state index contributed by atoms with van der Waals surface area (Å²) in [5, 5.41) is 20.9. The molecule has 1 N–H and O–H groups in total. The van der Waals surface area contributed by atoms with Gasteiger partial charge < -0.3 is 4.98 Å². The van der Waals surface area contributed by atoms with Crippen LogP contribution < -0.4 is 0 Å². The maximum Gasteiger partial charge on any atom is 0.214 e. The number of fused-ring (bicyclic) bond motifs is 1. The average Bonchev–Trinajstić information content (AvgIpc) is 2.96. The molecule has 0 radical (unpaired) electrons. The summed E-state index contributed by atoms with van der Waals surface area (Å²) in [5.41, 5.74) is 3.24. The molecule has 5 heteroatoms. The lowest BCUT2D eigenvalue weighted by Crippen LogP contribution is -2.13. The Labute approximate surface area is 127 Å². The number of H-pyrrole nitrogens is 1. The second kappa shape index (κ2) is 5.70. The summed E-state index contributed by atoms with van der Waals surface area (Å²) in [6, 6.07) is 16.8. The molecule has 0 aliphatic heterocycles. The van der Waals surface area contributed by atoms with Crippen LogP contribution in [0.3, 0.4) is 0 Å². The van der Waals surface area contributed by atoms with E-state index in [0.29, 0.717) is 5.56 Å². The number of nitriles is 1. The summed E-state index contributed by atoms with van der Waals surface area (Å²) in [6.45, 7) is -0.187. The van der Waals surface area contributed by atoms with Crippen molar-refractivity contribution in [2.45, 2.75) is 5.92 Å². The van der Waals surface area contributed by atoms with Crippen LogP contribution >= 0.6 is 0 Å². The minimum absolute atomic E-state index is 0.187. The van der Waals surface area contributed by atoms with Gasteiger partial charge in [-0.2, -0.15) is 5.26 Å². The predicted molar refractivity (Wildman–Crippen MR) is 83.2 cm³/mol. The van der Waals surface area contributed by atoms with E-state index in [1.54, 1.807) is 24.3 Å². The quantitative estimate of drug-likeness (QED) is 0.590. The number of nitrogens with zero attached hydrogens (tertiary/aromatic N) is 2. The van der Waals surface area contributed by atoms with E-state index in [1.807, 2.05) is 30.5 Å². The number of aromatic amines is 1. The molecule has 5 nitrogen and oxygen atoms in total. The Morgan fingerprint density at radius 3 is 2.59 bits per heavy atom. The molecule has 0 bridgehead atoms. The number of nitrogens with one attached hydrogen (secondary N) is 1. The van der Waals surface area contributed by atoms with Gasteiger partial charge in [-0.15, -0.1) is 0 Å². The molecule has 1 aromatic heterocycles. The first kappa shape index (κ1) is 13.8. The zero-order chi connectivity index (χ0) is 15.5. The highest BCUT2D eigenvalue weighted by atomic mass is 16.6. The molecular formula is C17H13N3O2. The Morgan fingerprint density at radius 1 is 1.18 bits per heavy atom. The molecule has 108 valence electrons. The number of aromatic nitrogens is 1. The van der Waals surface area contributed by atoms with Gasteiger partial charge in [0.15, 0.2) is 0 Å². The average molecular weight is 291 g/mol. The van der Waals surface area contributed by atoms with E-state index in [4.69, 9.17) is 5.26 Å². The first-order valence-corrected chi connectivity index (χ1v) is 6.87. The number of para-hydroxylation sites is 1. The van der Waals surface area contributed by atoms with Crippen molar-refractivity contribution in [3.63, 3.8) is 0 Å². The van der Waals surface area contributed by atoms with E-state index in [2.05, 4.69) is 11.1 Å². The van der Waals surface area contributed by atoms with Gasteiger partial charge in [-0.3, -0.25) is 10.1 Å². The second-order valence-electron chi connectivity index (χ2n) is 5.09. The summed E-state index contributed by atoms with van der Waals surface area (Å²) in [6.07, 6.45) is 1.83. The van der Waals surface area contributed by atoms with Gasteiger partial charge in [0.1, 0.15) is 0 Å². The third kappa shape index (κ3) is 2.54. The number of rotatable bonds is 4. The molecule has 0 fully saturated rings. The highest BCUT2D eigenvalue weighted by Gasteiger charge is 2.23. The summed E-state index contributed by atoms with van der Waals surface area (Å²) in [5.74, 6) is -0.348. The Bertz CT molecular complexity index is 859. The van der Waals surface area contributed by atoms with Crippen molar-refractivity contribution in [3.8, 4) is 6.07 Å². The van der Waals surface area contributed by atoms with E-state index in [0.717, 1.165) is 22.0 Å². The largest absolute Gasteiger partial charge is 0.361 e. The van der Waals surface area contributed by atoms with E-state index in [9.17, 15) is 10.1 Å². The Kier molecular flexibility index (Phi) is 3.58. The molecule has 0 saturated carbocycles. The van der Waals surface area contributed by atoms with Crippen molar-refractivity contribution in [1.29, 1.82) is 5.26 Å². The van der Waals surface area contributed by atoms with E-state index < -0.39 is 0 Å². The monoisotopic (exact) mass is 291 g/mol. The van der Waals surface area contributed by atoms with Gasteiger partial charge in [0.25, 0.3) is 0 Å². The lowest BCUT2D eigenvalue weighted by atomic mass is 9.90. The highest BCUT2D eigenvalue weighted by molar-refractivity contribution is 5.84. The number of hydrogen-bond acceptors (Lipinski definition) is 3. The van der Waals surface area contributed by atoms with Crippen LogP contribution in [0.4, 0.5) is 0 Å². The molecule has 0 aliphatic rings. The van der Waals surface area contributed by atoms with Crippen LogP contribution in [0.5, 0.6) is 0 Å². The fourth-order valence-corrected chi connectivity index (χ4v) is 2.70. The molecular weight excluding hydrogens is 278 g/mol. The van der Waals surface area contributed by atoms with Gasteiger partial charge in [0, 0.05) is 22.0 Å². The molecule has 1 atom stereocenters. The Hall–Kier alpha value is -3.13. The standard InChI is InChI=1S/C17H13N3O2/c18-9-12-5-7-13(8-6-12)16(11-20(21)22)15-10-19-17-4-2-1-3-14(15)17/h1-8,10,16,19H,11H2/t16-/m1/s1. The minimum atomic E-state index is -0.348. The molecule has 3 aromatic rings. The summed E-state index contributed by atoms with van der Waals surface area (Å²) >= 11 is 0. The summed E-state index contributed by atoms with van der Waals surface area (Å²) in [4.78, 5) is 13.9. The van der Waals surface area contributed by atoms with Crippen molar-refractivity contribution in [1.82, 2.24) is 4.98 Å². The summed E-state index contributed by atoms with van der Waals surface area (Å²) in [7, 11) is 0. The van der Waals surface area contributed by atoms with E-state index in [-0.39, 0.29) is 17.4 Å². The van der Waals surface area contributed by atoms with Crippen LogP contribution in [-0.4, -0.2) is 16.5 Å². The molecule has 0 amide bonds. The number of nitro groups is 1. The molecule has 2 aromatic carbocycles. The van der Waals surface area contributed by atoms with E-state index in [1.165, 1.54) is 0 Å². The lowest BCUT2D eigenvalue weighted by Gasteiger charge is -2.13. The SMILES string of the molecule is N#Cc1ccc([C@@H](C[N+](=O)[O-])c2c[nH]c3ccccc23)cc1. The zero-order valence-corrected chi connectivity index (χ0v) is 11.7. The Balaban J connectivity index is 2.09. The van der Waals surface area contributed by atoms with Crippen LogP contribution in [0.25, 0.3) is 10.9 Å². The van der Waals surface area contributed by atoms with Crippen LogP contribution in [0, 0.1) is 21.4 Å². The van der Waals surface area contributed by atoms with Crippen LogP contribution in [0.1, 0.15) is 22.6 Å². The van der Waals surface area contributed by atoms with Gasteiger partial charge in [-0.25, -0.2) is 0 Å². The van der Waals surface area contributed by atoms with Crippen molar-refractivity contribution in [3.05, 3.63) is 81.5 Å². The highest BCUT2D eigenvalue weighted by Crippen LogP contribution is 2.31. The van der Waals surface area contributed by atoms with Crippen LogP contribution in [-0.2, 0) is 0 Å². The minimum Gasteiger partial charge on any atom is -0.361 e. The van der Waals surface area contributed by atoms with E-state index >= 15 is 0 Å². The fourth-order valence-electron chi connectivity index (χ4n) is 2.70. The first-order valence-electron chi connectivity index (χ1n) is 6.87. The molecule has 1 heterocycles. The first-order chi connectivity index (χ1) is 10.7. The third-order valence-electron chi connectivity index (χ3n) is 3.77. The van der Waals surface area contributed by atoms with Crippen molar-refractivity contribution in [2.24, 2.45) is 0 Å². The Morgan fingerprint density at radius 2 is 1.91 bits per heavy atom. The topological polar surface area (TPSA) is 82.7 Å². The number of benzene rings is 2. The second-order valence-corrected chi connectivity index (χ2v) is 5.09. The lowest BCUT2D eigenvalue weighted by molar-refractivity contribution is -0.481. The molecule has 0 spiro atoms. The van der Waals surface area contributed by atoms with Gasteiger partial charge in [0.2, 0.25) is 6.54 Å². The van der Waals surface area contributed by atoms with Crippen molar-refractivity contribution >= 4 is 10.9 Å². The summed E-state index contributed by atoms with van der Waals surface area (Å²) < 4.78 is 0. The maximum atomic E-state index is 11.1. The molecule has 3 rings (SSSR count). The van der Waals surface area contributed by atoms with Gasteiger partial charge in [0.05, 0.1) is 17.6 Å². The molecule has 0 saturated heterocycles. The predicted octanol–water partition coefficient (Wildman–Crippen LogP) is 3.45. The van der Waals surface area contributed by atoms with Gasteiger partial charge in [-0.05, 0) is 29.3 Å². The van der Waals surface area contributed by atoms with Crippen molar-refractivity contribution in [2.75, 3.05) is 6.54 Å². The number of hydrogen-bond donors (Lipinski definition) is 1. The smallest absolute Gasteiger partial charge is 0.214 e. The maximum absolute atomic E-state index is 11.1. The molecule has 0 unspecified atom stereocenters.